The molecule has 0 bridgehead atoms. The van der Waals surface area contributed by atoms with Crippen LogP contribution in [0.1, 0.15) is 57.3 Å². The molecule has 2 aliphatic rings. The van der Waals surface area contributed by atoms with Crippen molar-refractivity contribution in [2.45, 2.75) is 26.1 Å². The maximum Gasteiger partial charge on any atom is 0.350 e. The van der Waals surface area contributed by atoms with Gasteiger partial charge in [-0.3, -0.25) is 24.3 Å². The van der Waals surface area contributed by atoms with E-state index in [9.17, 15) is 23.2 Å². The Balaban J connectivity index is 1.16. The molecule has 3 amide bonds. The van der Waals surface area contributed by atoms with Crippen LogP contribution in [-0.2, 0) is 11.3 Å². The van der Waals surface area contributed by atoms with Crippen LogP contribution in [0.3, 0.4) is 0 Å². The quantitative estimate of drug-likeness (QED) is 0.349. The van der Waals surface area contributed by atoms with Crippen molar-refractivity contribution < 1.29 is 23.2 Å². The van der Waals surface area contributed by atoms with Gasteiger partial charge in [0.05, 0.1) is 12.6 Å². The van der Waals surface area contributed by atoms with Gasteiger partial charge in [0.2, 0.25) is 5.91 Å². The van der Waals surface area contributed by atoms with E-state index < -0.39 is 12.6 Å². The first-order valence-corrected chi connectivity index (χ1v) is 13.6. The minimum Gasteiger partial charge on any atom is -0.335 e. The van der Waals surface area contributed by atoms with Crippen LogP contribution in [0, 0.1) is 0 Å². The van der Waals surface area contributed by atoms with Crippen LogP contribution < -0.4 is 10.2 Å². The molecule has 6 rings (SSSR count). The van der Waals surface area contributed by atoms with Crippen molar-refractivity contribution in [3.63, 3.8) is 0 Å². The minimum atomic E-state index is -2.90. The average molecular weight is 588 g/mol. The minimum absolute atomic E-state index is 0.154. The number of benzene rings is 2. The molecule has 1 fully saturated rings. The lowest BCUT2D eigenvalue weighted by Gasteiger charge is -2.38. The van der Waals surface area contributed by atoms with Gasteiger partial charge in [-0.15, -0.1) is 10.2 Å². The second kappa shape index (κ2) is 11.6. The summed E-state index contributed by atoms with van der Waals surface area (Å²) in [4.78, 5) is 48.0. The van der Waals surface area contributed by atoms with Crippen LogP contribution in [0.2, 0.25) is 0 Å². The topological polar surface area (TPSA) is 129 Å². The zero-order chi connectivity index (χ0) is 30.1. The summed E-state index contributed by atoms with van der Waals surface area (Å²) in [6, 6.07) is 17.3. The Hall–Kier alpha value is -5.11. The molecule has 2 aromatic heterocycles. The van der Waals surface area contributed by atoms with Crippen molar-refractivity contribution in [3.05, 3.63) is 95.1 Å². The molecule has 0 saturated carbocycles. The SMILES string of the molecule is CC(=O)Nc1ccc2c(c1)C(=O)N(c1ccnc(C(=O)N3CCN([C@@H](c4ccccc4)c4nnn(C(F)F)n4)CC3)c1)C2. The van der Waals surface area contributed by atoms with E-state index in [-0.39, 0.29) is 34.0 Å². The number of anilines is 2. The molecule has 0 unspecified atom stereocenters. The Morgan fingerprint density at radius 3 is 2.44 bits per heavy atom. The van der Waals surface area contributed by atoms with Gasteiger partial charge in [-0.05, 0) is 40.6 Å². The molecule has 1 saturated heterocycles. The maximum atomic E-state index is 13.5. The van der Waals surface area contributed by atoms with Gasteiger partial charge >= 0.3 is 6.55 Å². The van der Waals surface area contributed by atoms with Gasteiger partial charge in [-0.25, -0.2) is 0 Å². The molecule has 2 aromatic carbocycles. The average Bonchev–Trinajstić information content (AvgIpc) is 3.63. The third-order valence-electron chi connectivity index (χ3n) is 7.45. The zero-order valence-electron chi connectivity index (χ0n) is 23.1. The number of carbonyl (C=O) groups excluding carboxylic acids is 3. The van der Waals surface area contributed by atoms with E-state index in [4.69, 9.17) is 0 Å². The van der Waals surface area contributed by atoms with Crippen LogP contribution in [0.4, 0.5) is 20.2 Å². The number of amides is 3. The molecule has 1 atom stereocenters. The van der Waals surface area contributed by atoms with Crippen molar-refractivity contribution in [2.75, 3.05) is 36.4 Å². The molecule has 0 radical (unpaired) electrons. The number of fused-ring (bicyclic) bond motifs is 1. The summed E-state index contributed by atoms with van der Waals surface area (Å²) in [6.07, 6.45) is 1.50. The van der Waals surface area contributed by atoms with Crippen molar-refractivity contribution in [2.24, 2.45) is 0 Å². The molecular formula is C29H27F2N9O3. The lowest BCUT2D eigenvalue weighted by molar-refractivity contribution is -0.114. The van der Waals surface area contributed by atoms with Crippen molar-refractivity contribution in [1.29, 1.82) is 0 Å². The molecule has 4 aromatic rings. The van der Waals surface area contributed by atoms with Crippen LogP contribution in [0.15, 0.2) is 66.9 Å². The molecule has 4 heterocycles. The first-order chi connectivity index (χ1) is 20.8. The molecule has 2 aliphatic heterocycles. The van der Waals surface area contributed by atoms with Gasteiger partial charge in [0, 0.05) is 56.2 Å². The third-order valence-corrected chi connectivity index (χ3v) is 7.45. The fourth-order valence-electron chi connectivity index (χ4n) is 5.43. The summed E-state index contributed by atoms with van der Waals surface area (Å²) in [7, 11) is 0. The Kier molecular flexibility index (Phi) is 7.59. The smallest absolute Gasteiger partial charge is 0.335 e. The summed E-state index contributed by atoms with van der Waals surface area (Å²) in [5.41, 5.74) is 3.41. The molecule has 0 aliphatic carbocycles. The number of nitrogens with zero attached hydrogens (tertiary/aromatic N) is 8. The number of aromatic nitrogens is 5. The Labute approximate surface area is 244 Å². The molecule has 12 nitrogen and oxygen atoms in total. The van der Waals surface area contributed by atoms with E-state index in [1.807, 2.05) is 35.2 Å². The Morgan fingerprint density at radius 2 is 1.74 bits per heavy atom. The fourth-order valence-corrected chi connectivity index (χ4v) is 5.43. The molecule has 1 N–H and O–H groups in total. The van der Waals surface area contributed by atoms with Crippen LogP contribution >= 0.6 is 0 Å². The van der Waals surface area contributed by atoms with Crippen molar-refractivity contribution in [1.82, 2.24) is 35.0 Å². The summed E-state index contributed by atoms with van der Waals surface area (Å²) in [5, 5.41) is 14.0. The number of tetrazole rings is 1. The highest BCUT2D eigenvalue weighted by Crippen LogP contribution is 2.31. The lowest BCUT2D eigenvalue weighted by atomic mass is 10.0. The highest BCUT2D eigenvalue weighted by atomic mass is 19.3. The van der Waals surface area contributed by atoms with E-state index in [0.29, 0.717) is 49.7 Å². The van der Waals surface area contributed by atoms with Crippen LogP contribution in [0.5, 0.6) is 0 Å². The number of hydrogen-bond acceptors (Lipinski definition) is 8. The standard InChI is InChI=1S/C29H27F2N9O3/c1-18(41)33-21-8-7-20-17-39(27(42)23(20)15-21)22-9-10-32-24(16-22)28(43)38-13-11-37(12-14-38)25(19-5-3-2-4-6-19)26-34-36-40(35-26)29(30)31/h2-10,15-16,25,29H,11-14,17H2,1H3,(H,33,41)/t25-/m0/s1. The molecule has 0 spiro atoms. The number of pyridine rings is 1. The zero-order valence-corrected chi connectivity index (χ0v) is 23.1. The van der Waals surface area contributed by atoms with Crippen molar-refractivity contribution in [3.8, 4) is 0 Å². The Morgan fingerprint density at radius 1 is 0.977 bits per heavy atom. The number of halogens is 2. The lowest BCUT2D eigenvalue weighted by Crippen LogP contribution is -2.50. The first-order valence-electron chi connectivity index (χ1n) is 13.6. The maximum absolute atomic E-state index is 13.5. The number of piperazine rings is 1. The number of hydrogen-bond donors (Lipinski definition) is 1. The van der Waals surface area contributed by atoms with Crippen molar-refractivity contribution >= 4 is 29.1 Å². The summed E-state index contributed by atoms with van der Waals surface area (Å²) < 4.78 is 26.3. The van der Waals surface area contributed by atoms with Gasteiger partial charge in [0.15, 0.2) is 5.82 Å². The molecule has 43 heavy (non-hydrogen) atoms. The largest absolute Gasteiger partial charge is 0.350 e. The van der Waals surface area contributed by atoms with E-state index in [1.54, 1.807) is 40.1 Å². The molecular weight excluding hydrogens is 560 g/mol. The third kappa shape index (κ3) is 5.68. The van der Waals surface area contributed by atoms with Crippen LogP contribution in [-0.4, -0.2) is 78.9 Å². The fraction of sp³-hybridized carbons (Fsp3) is 0.276. The van der Waals surface area contributed by atoms with Gasteiger partial charge in [0.1, 0.15) is 5.69 Å². The second-order valence-electron chi connectivity index (χ2n) is 10.2. The summed E-state index contributed by atoms with van der Waals surface area (Å²) in [6.45, 7) is 0.416. The van der Waals surface area contributed by atoms with Gasteiger partial charge in [0.25, 0.3) is 11.8 Å². The highest BCUT2D eigenvalue weighted by molar-refractivity contribution is 6.11. The predicted molar refractivity (Wildman–Crippen MR) is 150 cm³/mol. The number of nitrogens with one attached hydrogen (secondary N) is 1. The predicted octanol–water partition coefficient (Wildman–Crippen LogP) is 3.13. The van der Waals surface area contributed by atoms with E-state index in [1.165, 1.54) is 13.1 Å². The number of rotatable bonds is 7. The normalized spacial score (nSPS) is 16.0. The van der Waals surface area contributed by atoms with Gasteiger partial charge in [-0.1, -0.05) is 41.2 Å². The van der Waals surface area contributed by atoms with E-state index in [0.717, 1.165) is 11.1 Å². The molecule has 14 heteroatoms. The van der Waals surface area contributed by atoms with E-state index >= 15 is 0 Å². The molecule has 220 valence electrons. The number of alkyl halides is 2. The van der Waals surface area contributed by atoms with E-state index in [2.05, 4.69) is 25.7 Å². The summed E-state index contributed by atoms with van der Waals surface area (Å²) >= 11 is 0. The van der Waals surface area contributed by atoms with Crippen LogP contribution in [0.25, 0.3) is 0 Å². The number of carbonyl (C=O) groups is 3. The van der Waals surface area contributed by atoms with Gasteiger partial charge < -0.3 is 15.1 Å². The van der Waals surface area contributed by atoms with Gasteiger partial charge in [-0.2, -0.15) is 8.78 Å². The second-order valence-corrected chi connectivity index (χ2v) is 10.2. The Bertz CT molecular complexity index is 1670. The first kappa shape index (κ1) is 28.0. The monoisotopic (exact) mass is 587 g/mol. The highest BCUT2D eigenvalue weighted by Gasteiger charge is 2.33. The summed E-state index contributed by atoms with van der Waals surface area (Å²) in [5.74, 6) is -0.588.